The van der Waals surface area contributed by atoms with E-state index in [-0.39, 0.29) is 35.6 Å². The zero-order valence-electron chi connectivity index (χ0n) is 20.6. The fourth-order valence-corrected chi connectivity index (χ4v) is 4.68. The maximum Gasteiger partial charge on any atom is 0.227 e. The van der Waals surface area contributed by atoms with Crippen LogP contribution < -0.4 is 15.5 Å². The first-order valence-electron chi connectivity index (χ1n) is 12.1. The number of nitrogens with zero attached hydrogens (tertiary/aromatic N) is 1. The number of likely N-dealkylation sites (tertiary alicyclic amines) is 1. The third-order valence-corrected chi connectivity index (χ3v) is 6.59. The van der Waals surface area contributed by atoms with Crippen LogP contribution in [0, 0.1) is 6.92 Å². The highest BCUT2D eigenvalue weighted by Gasteiger charge is 2.28. The lowest BCUT2D eigenvalue weighted by Gasteiger charge is -2.32. The molecule has 0 bridgehead atoms. The number of amides is 1. The predicted molar refractivity (Wildman–Crippen MR) is 135 cm³/mol. The van der Waals surface area contributed by atoms with E-state index < -0.39 is 17.1 Å². The van der Waals surface area contributed by atoms with Crippen LogP contribution in [-0.4, -0.2) is 47.3 Å². The van der Waals surface area contributed by atoms with Gasteiger partial charge in [-0.1, -0.05) is 36.4 Å². The molecule has 2 aromatic carbocycles. The third-order valence-electron chi connectivity index (χ3n) is 6.59. The number of carbonyl (C=O) groups is 1. The molecule has 0 aliphatic carbocycles. The third kappa shape index (κ3) is 6.07. The molecule has 0 radical (unpaired) electrons. The van der Waals surface area contributed by atoms with Gasteiger partial charge in [-0.05, 0) is 43.0 Å². The van der Waals surface area contributed by atoms with Crippen molar-refractivity contribution in [1.82, 2.24) is 10.2 Å². The second kappa shape index (κ2) is 11.3. The van der Waals surface area contributed by atoms with Crippen LogP contribution in [0.5, 0.6) is 17.2 Å². The minimum atomic E-state index is -0.745. The summed E-state index contributed by atoms with van der Waals surface area (Å²) in [6, 6.07) is 16.2. The lowest BCUT2D eigenvalue weighted by atomic mass is 9.91. The number of nitrogens with one attached hydrogen (secondary N) is 1. The summed E-state index contributed by atoms with van der Waals surface area (Å²) in [6.07, 6.45) is 1.63. The number of benzene rings is 2. The van der Waals surface area contributed by atoms with E-state index in [9.17, 15) is 19.8 Å². The smallest absolute Gasteiger partial charge is 0.227 e. The topological polar surface area (TPSA) is 112 Å². The van der Waals surface area contributed by atoms with Crippen molar-refractivity contribution < 1.29 is 24.2 Å². The van der Waals surface area contributed by atoms with Crippen LogP contribution in [0.3, 0.4) is 0 Å². The van der Waals surface area contributed by atoms with Gasteiger partial charge in [0.2, 0.25) is 17.1 Å². The van der Waals surface area contributed by atoms with Gasteiger partial charge in [-0.3, -0.25) is 14.5 Å². The summed E-state index contributed by atoms with van der Waals surface area (Å²) < 4.78 is 10.9. The van der Waals surface area contributed by atoms with Crippen molar-refractivity contribution in [2.75, 3.05) is 20.2 Å². The fourth-order valence-electron chi connectivity index (χ4n) is 4.68. The molecular weight excluding hydrogens is 460 g/mol. The molecule has 8 nitrogen and oxygen atoms in total. The SMILES string of the molecule is COc1cc(C(CC(=O)NC2CCN(Cc3ccccc3)CC2)c2oc(C)cc(=O)c2O)ccc1O. The molecule has 1 aliphatic rings. The highest BCUT2D eigenvalue weighted by molar-refractivity contribution is 5.78. The van der Waals surface area contributed by atoms with Crippen molar-refractivity contribution in [3.63, 3.8) is 0 Å². The number of hydrogen-bond acceptors (Lipinski definition) is 7. The van der Waals surface area contributed by atoms with Gasteiger partial charge in [-0.2, -0.15) is 0 Å². The van der Waals surface area contributed by atoms with E-state index in [0.29, 0.717) is 11.3 Å². The number of ether oxygens (including phenoxy) is 1. The molecule has 0 spiro atoms. The van der Waals surface area contributed by atoms with Crippen molar-refractivity contribution >= 4 is 5.91 Å². The zero-order valence-corrected chi connectivity index (χ0v) is 20.6. The van der Waals surface area contributed by atoms with Crippen LogP contribution in [0.25, 0.3) is 0 Å². The Morgan fingerprint density at radius 2 is 1.86 bits per heavy atom. The maximum atomic E-state index is 13.1. The summed E-state index contributed by atoms with van der Waals surface area (Å²) in [6.45, 7) is 4.26. The van der Waals surface area contributed by atoms with Gasteiger partial charge < -0.3 is 24.7 Å². The Morgan fingerprint density at radius 1 is 1.14 bits per heavy atom. The van der Waals surface area contributed by atoms with Crippen LogP contribution in [-0.2, 0) is 11.3 Å². The minimum Gasteiger partial charge on any atom is -0.504 e. The normalized spacial score (nSPS) is 15.4. The van der Waals surface area contributed by atoms with E-state index in [0.717, 1.165) is 32.5 Å². The molecular formula is C28H32N2O6. The highest BCUT2D eigenvalue weighted by Crippen LogP contribution is 2.37. The zero-order chi connectivity index (χ0) is 25.7. The number of phenolic OH excluding ortho intramolecular Hbond substituents is 1. The van der Waals surface area contributed by atoms with Gasteiger partial charge in [-0.15, -0.1) is 0 Å². The molecule has 3 N–H and O–H groups in total. The van der Waals surface area contributed by atoms with E-state index in [4.69, 9.17) is 9.15 Å². The molecule has 1 atom stereocenters. The summed E-state index contributed by atoms with van der Waals surface area (Å²) >= 11 is 0. The molecule has 3 aromatic rings. The molecule has 1 aliphatic heterocycles. The quantitative estimate of drug-likeness (QED) is 0.440. The molecule has 1 amide bonds. The van der Waals surface area contributed by atoms with E-state index in [2.05, 4.69) is 22.3 Å². The lowest BCUT2D eigenvalue weighted by Crippen LogP contribution is -2.44. The maximum absolute atomic E-state index is 13.1. The van der Waals surface area contributed by atoms with E-state index in [1.807, 2.05) is 18.2 Å². The number of piperidine rings is 1. The standard InChI is InChI=1S/C28H32N2O6/c1-18-14-24(32)27(34)28(36-18)22(20-8-9-23(31)25(15-20)35-2)16-26(33)29-21-10-12-30(13-11-21)17-19-6-4-3-5-7-19/h3-9,14-15,21-22,31,34H,10-13,16-17H2,1-2H3,(H,29,33). The molecule has 36 heavy (non-hydrogen) atoms. The van der Waals surface area contributed by atoms with Crippen molar-refractivity contribution in [3.8, 4) is 17.2 Å². The number of methoxy groups -OCH3 is 1. The second-order valence-electron chi connectivity index (χ2n) is 9.23. The molecule has 1 saturated heterocycles. The van der Waals surface area contributed by atoms with Gasteiger partial charge in [0, 0.05) is 38.2 Å². The van der Waals surface area contributed by atoms with Crippen molar-refractivity contribution in [2.24, 2.45) is 0 Å². The fraction of sp³-hybridized carbons (Fsp3) is 0.357. The molecule has 0 saturated carbocycles. The predicted octanol–water partition coefficient (Wildman–Crippen LogP) is 3.67. The highest BCUT2D eigenvalue weighted by atomic mass is 16.5. The van der Waals surface area contributed by atoms with E-state index in [1.54, 1.807) is 19.1 Å². The van der Waals surface area contributed by atoms with E-state index >= 15 is 0 Å². The minimum absolute atomic E-state index is 0.0144. The van der Waals surface area contributed by atoms with Crippen LogP contribution in [0.2, 0.25) is 0 Å². The molecule has 4 rings (SSSR count). The Bertz CT molecular complexity index is 1250. The van der Waals surface area contributed by atoms with Crippen molar-refractivity contribution in [3.05, 3.63) is 87.5 Å². The van der Waals surface area contributed by atoms with Crippen LogP contribution in [0.4, 0.5) is 0 Å². The lowest BCUT2D eigenvalue weighted by molar-refractivity contribution is -0.122. The van der Waals surface area contributed by atoms with Gasteiger partial charge >= 0.3 is 0 Å². The Hall–Kier alpha value is -3.78. The first-order valence-corrected chi connectivity index (χ1v) is 12.1. The summed E-state index contributed by atoms with van der Waals surface area (Å²) in [5.74, 6) is -0.975. The first-order chi connectivity index (χ1) is 17.3. The number of rotatable bonds is 8. The number of phenols is 1. The summed E-state index contributed by atoms with van der Waals surface area (Å²) in [5, 5.41) is 23.6. The van der Waals surface area contributed by atoms with Gasteiger partial charge in [-0.25, -0.2) is 0 Å². The molecule has 1 unspecified atom stereocenters. The van der Waals surface area contributed by atoms with Crippen LogP contribution in [0.1, 0.15) is 47.8 Å². The monoisotopic (exact) mass is 492 g/mol. The summed E-state index contributed by atoms with van der Waals surface area (Å²) in [4.78, 5) is 27.8. The van der Waals surface area contributed by atoms with Crippen molar-refractivity contribution in [2.45, 2.75) is 44.7 Å². The number of hydrogen-bond donors (Lipinski definition) is 3. The Balaban J connectivity index is 1.47. The summed E-state index contributed by atoms with van der Waals surface area (Å²) in [5.41, 5.74) is 1.27. The van der Waals surface area contributed by atoms with Gasteiger partial charge in [0.05, 0.1) is 13.0 Å². The van der Waals surface area contributed by atoms with Gasteiger partial charge in [0.15, 0.2) is 17.3 Å². The molecule has 1 fully saturated rings. The molecule has 1 aromatic heterocycles. The Morgan fingerprint density at radius 3 is 2.56 bits per heavy atom. The average molecular weight is 493 g/mol. The molecule has 190 valence electrons. The number of aromatic hydroxyl groups is 2. The Kier molecular flexibility index (Phi) is 7.95. The number of carbonyl (C=O) groups excluding carboxylic acids is 1. The van der Waals surface area contributed by atoms with Gasteiger partial charge in [0.25, 0.3) is 0 Å². The van der Waals surface area contributed by atoms with Crippen LogP contribution >= 0.6 is 0 Å². The van der Waals surface area contributed by atoms with E-state index in [1.165, 1.54) is 24.8 Å². The van der Waals surface area contributed by atoms with Gasteiger partial charge in [0.1, 0.15) is 5.76 Å². The summed E-state index contributed by atoms with van der Waals surface area (Å²) in [7, 11) is 1.43. The first kappa shape index (κ1) is 25.3. The van der Waals surface area contributed by atoms with Crippen LogP contribution in [0.15, 0.2) is 63.8 Å². The number of aryl methyl sites for hydroxylation is 1. The van der Waals surface area contributed by atoms with Crippen molar-refractivity contribution in [1.29, 1.82) is 0 Å². The molecule has 2 heterocycles. The average Bonchev–Trinajstić information content (AvgIpc) is 2.87. The largest absolute Gasteiger partial charge is 0.504 e. The molecule has 8 heteroatoms. The second-order valence-corrected chi connectivity index (χ2v) is 9.23. The Labute approximate surface area is 210 Å².